The van der Waals surface area contributed by atoms with Crippen molar-refractivity contribution in [3.63, 3.8) is 0 Å². The molecule has 0 spiro atoms. The number of carbonyl (C=O) groups is 1. The first-order chi connectivity index (χ1) is 8.83. The van der Waals surface area contributed by atoms with Gasteiger partial charge in [0.2, 0.25) is 0 Å². The molecule has 1 rings (SSSR count). The van der Waals surface area contributed by atoms with Crippen LogP contribution in [0.25, 0.3) is 0 Å². The molecule has 102 valence electrons. The predicted octanol–water partition coefficient (Wildman–Crippen LogP) is 2.66. The van der Waals surface area contributed by atoms with Crippen LogP contribution in [0.4, 0.5) is 4.79 Å². The SMILES string of the molecule is CCOCCOC(=O)NCC=CC1CC=CCC1. The molecule has 0 fully saturated rings. The molecule has 4 nitrogen and oxygen atoms in total. The second kappa shape index (κ2) is 9.71. The number of nitrogens with one attached hydrogen (secondary N) is 1. The summed E-state index contributed by atoms with van der Waals surface area (Å²) in [6.45, 7) is 3.83. The molecule has 4 heteroatoms. The van der Waals surface area contributed by atoms with Crippen molar-refractivity contribution >= 4 is 6.09 Å². The van der Waals surface area contributed by atoms with E-state index in [2.05, 4.69) is 23.5 Å². The first-order valence-electron chi connectivity index (χ1n) is 6.63. The molecule has 0 aromatic carbocycles. The number of carbonyl (C=O) groups excluding carboxylic acids is 1. The Bertz CT molecular complexity index is 287. The predicted molar refractivity (Wildman–Crippen MR) is 71.5 cm³/mol. The van der Waals surface area contributed by atoms with Crippen LogP contribution in [0, 0.1) is 5.92 Å². The number of alkyl carbamates (subject to hydrolysis) is 1. The van der Waals surface area contributed by atoms with Crippen LogP contribution in [0.3, 0.4) is 0 Å². The van der Waals surface area contributed by atoms with Gasteiger partial charge in [0.25, 0.3) is 0 Å². The van der Waals surface area contributed by atoms with Crippen molar-refractivity contribution in [2.24, 2.45) is 5.92 Å². The molecule has 1 N–H and O–H groups in total. The minimum absolute atomic E-state index is 0.302. The van der Waals surface area contributed by atoms with Gasteiger partial charge in [-0.2, -0.15) is 0 Å². The molecule has 18 heavy (non-hydrogen) atoms. The standard InChI is InChI=1S/C14H23NO3/c1-2-17-11-12-18-14(16)15-10-6-9-13-7-4-3-5-8-13/h3-4,6,9,13H,2,5,7-8,10-12H2,1H3,(H,15,16). The lowest BCUT2D eigenvalue weighted by molar-refractivity contribution is 0.0793. The Labute approximate surface area is 109 Å². The van der Waals surface area contributed by atoms with E-state index in [0.29, 0.717) is 32.3 Å². The van der Waals surface area contributed by atoms with Gasteiger partial charge < -0.3 is 14.8 Å². The van der Waals surface area contributed by atoms with Gasteiger partial charge in [-0.15, -0.1) is 0 Å². The topological polar surface area (TPSA) is 47.6 Å². The molecule has 0 bridgehead atoms. The summed E-state index contributed by atoms with van der Waals surface area (Å²) in [6, 6.07) is 0. The van der Waals surface area contributed by atoms with Gasteiger partial charge in [-0.3, -0.25) is 0 Å². The van der Waals surface area contributed by atoms with Crippen LogP contribution < -0.4 is 5.32 Å². The molecule has 1 atom stereocenters. The van der Waals surface area contributed by atoms with E-state index in [1.165, 1.54) is 6.42 Å². The summed E-state index contributed by atoms with van der Waals surface area (Å²) in [4.78, 5) is 11.2. The van der Waals surface area contributed by atoms with Gasteiger partial charge in [0.1, 0.15) is 6.61 Å². The second-order valence-electron chi connectivity index (χ2n) is 4.19. The smallest absolute Gasteiger partial charge is 0.407 e. The molecule has 0 radical (unpaired) electrons. The van der Waals surface area contributed by atoms with Gasteiger partial charge in [0.05, 0.1) is 6.61 Å². The fourth-order valence-corrected chi connectivity index (χ4v) is 1.78. The van der Waals surface area contributed by atoms with E-state index < -0.39 is 0 Å². The van der Waals surface area contributed by atoms with Crippen molar-refractivity contribution in [1.82, 2.24) is 5.32 Å². The summed E-state index contributed by atoms with van der Waals surface area (Å²) in [5.41, 5.74) is 0. The van der Waals surface area contributed by atoms with Gasteiger partial charge in [-0.1, -0.05) is 24.3 Å². The highest BCUT2D eigenvalue weighted by molar-refractivity contribution is 5.67. The Morgan fingerprint density at radius 3 is 3.06 bits per heavy atom. The molecular weight excluding hydrogens is 230 g/mol. The Hall–Kier alpha value is -1.29. The molecule has 0 saturated carbocycles. The number of hydrogen-bond donors (Lipinski definition) is 1. The zero-order valence-corrected chi connectivity index (χ0v) is 11.1. The molecule has 1 unspecified atom stereocenters. The van der Waals surface area contributed by atoms with Crippen LogP contribution in [0.5, 0.6) is 0 Å². The maximum Gasteiger partial charge on any atom is 0.407 e. The fraction of sp³-hybridized carbons (Fsp3) is 0.643. The summed E-state index contributed by atoms with van der Waals surface area (Å²) in [6.07, 6.45) is 11.7. The largest absolute Gasteiger partial charge is 0.447 e. The van der Waals surface area contributed by atoms with Gasteiger partial charge in [0.15, 0.2) is 0 Å². The minimum Gasteiger partial charge on any atom is -0.447 e. The third kappa shape index (κ3) is 7.12. The fourth-order valence-electron chi connectivity index (χ4n) is 1.78. The number of rotatable bonds is 7. The van der Waals surface area contributed by atoms with Crippen molar-refractivity contribution in [2.45, 2.75) is 26.2 Å². The van der Waals surface area contributed by atoms with Crippen LogP contribution in [-0.2, 0) is 9.47 Å². The highest BCUT2D eigenvalue weighted by Crippen LogP contribution is 2.18. The van der Waals surface area contributed by atoms with E-state index in [-0.39, 0.29) is 6.09 Å². The van der Waals surface area contributed by atoms with Crippen molar-refractivity contribution in [3.05, 3.63) is 24.3 Å². The lowest BCUT2D eigenvalue weighted by atomic mass is 9.94. The van der Waals surface area contributed by atoms with E-state index in [1.807, 2.05) is 13.0 Å². The Morgan fingerprint density at radius 1 is 1.44 bits per heavy atom. The Balaban J connectivity index is 2.00. The molecule has 0 aromatic heterocycles. The normalized spacial score (nSPS) is 19.1. The zero-order valence-electron chi connectivity index (χ0n) is 11.1. The third-order valence-electron chi connectivity index (χ3n) is 2.75. The summed E-state index contributed by atoms with van der Waals surface area (Å²) < 4.78 is 9.98. The molecule has 1 amide bonds. The zero-order chi connectivity index (χ0) is 13.1. The summed E-state index contributed by atoms with van der Waals surface area (Å²) >= 11 is 0. The second-order valence-corrected chi connectivity index (χ2v) is 4.19. The molecule has 0 saturated heterocycles. The van der Waals surface area contributed by atoms with Crippen LogP contribution >= 0.6 is 0 Å². The summed E-state index contributed by atoms with van der Waals surface area (Å²) in [5.74, 6) is 0.616. The quantitative estimate of drug-likeness (QED) is 0.560. The number of amides is 1. The lowest BCUT2D eigenvalue weighted by Gasteiger charge is -2.12. The van der Waals surface area contributed by atoms with E-state index in [9.17, 15) is 4.79 Å². The first-order valence-corrected chi connectivity index (χ1v) is 6.63. The minimum atomic E-state index is -0.386. The van der Waals surface area contributed by atoms with Crippen LogP contribution in [-0.4, -0.2) is 32.5 Å². The van der Waals surface area contributed by atoms with E-state index >= 15 is 0 Å². The lowest BCUT2D eigenvalue weighted by Crippen LogP contribution is -2.25. The highest BCUT2D eigenvalue weighted by atomic mass is 16.6. The molecule has 1 aliphatic carbocycles. The van der Waals surface area contributed by atoms with Gasteiger partial charge >= 0.3 is 6.09 Å². The Kier molecular flexibility index (Phi) is 7.97. The van der Waals surface area contributed by atoms with Crippen LogP contribution in [0.1, 0.15) is 26.2 Å². The summed E-state index contributed by atoms with van der Waals surface area (Å²) in [7, 11) is 0. The maximum absolute atomic E-state index is 11.2. The van der Waals surface area contributed by atoms with Gasteiger partial charge in [0, 0.05) is 13.2 Å². The van der Waals surface area contributed by atoms with Gasteiger partial charge in [-0.25, -0.2) is 4.79 Å². The first kappa shape index (κ1) is 14.8. The van der Waals surface area contributed by atoms with E-state index in [4.69, 9.17) is 9.47 Å². The van der Waals surface area contributed by atoms with Crippen molar-refractivity contribution in [3.8, 4) is 0 Å². The average molecular weight is 253 g/mol. The van der Waals surface area contributed by atoms with E-state index in [1.54, 1.807) is 0 Å². The van der Waals surface area contributed by atoms with Crippen molar-refractivity contribution in [1.29, 1.82) is 0 Å². The number of ether oxygens (including phenoxy) is 2. The van der Waals surface area contributed by atoms with Crippen molar-refractivity contribution < 1.29 is 14.3 Å². The number of allylic oxidation sites excluding steroid dienone is 3. The maximum atomic E-state index is 11.2. The molecule has 1 aliphatic rings. The Morgan fingerprint density at radius 2 is 2.33 bits per heavy atom. The van der Waals surface area contributed by atoms with Crippen molar-refractivity contribution in [2.75, 3.05) is 26.4 Å². The van der Waals surface area contributed by atoms with Crippen LogP contribution in [0.2, 0.25) is 0 Å². The summed E-state index contributed by atoms with van der Waals surface area (Å²) in [5, 5.41) is 2.68. The average Bonchev–Trinajstić information content (AvgIpc) is 2.41. The molecule has 0 aromatic rings. The number of hydrogen-bond acceptors (Lipinski definition) is 3. The molecule has 0 heterocycles. The van der Waals surface area contributed by atoms with E-state index in [0.717, 1.165) is 12.8 Å². The van der Waals surface area contributed by atoms with Gasteiger partial charge in [-0.05, 0) is 32.1 Å². The third-order valence-corrected chi connectivity index (χ3v) is 2.75. The molecular formula is C14H23NO3. The van der Waals surface area contributed by atoms with Crippen LogP contribution in [0.15, 0.2) is 24.3 Å². The highest BCUT2D eigenvalue weighted by Gasteiger charge is 2.05. The molecule has 0 aliphatic heterocycles. The monoisotopic (exact) mass is 253 g/mol.